The van der Waals surface area contributed by atoms with Crippen LogP contribution in [0.1, 0.15) is 63.0 Å². The number of fused-ring (bicyclic) bond motifs is 1. The van der Waals surface area contributed by atoms with Gasteiger partial charge in [-0.3, -0.25) is 4.90 Å². The number of unbranched alkanes of at least 4 members (excludes halogenated alkanes) is 6. The zero-order valence-corrected chi connectivity index (χ0v) is 13.0. The van der Waals surface area contributed by atoms with Crippen molar-refractivity contribution in [3.63, 3.8) is 0 Å². The van der Waals surface area contributed by atoms with Crippen molar-refractivity contribution in [2.45, 2.75) is 64.8 Å². The molecule has 0 saturated heterocycles. The van der Waals surface area contributed by atoms with Crippen LogP contribution in [0.3, 0.4) is 0 Å². The van der Waals surface area contributed by atoms with Gasteiger partial charge in [-0.2, -0.15) is 0 Å². The van der Waals surface area contributed by atoms with Gasteiger partial charge in [0.25, 0.3) is 0 Å². The fraction of sp³-hybridized carbons (Fsp3) is 0.667. The summed E-state index contributed by atoms with van der Waals surface area (Å²) in [7, 11) is 0. The summed E-state index contributed by atoms with van der Waals surface area (Å²) in [5.41, 5.74) is 9.73. The highest BCUT2D eigenvalue weighted by Crippen LogP contribution is 2.21. The molecule has 112 valence electrons. The summed E-state index contributed by atoms with van der Waals surface area (Å²) in [5, 5.41) is 0. The summed E-state index contributed by atoms with van der Waals surface area (Å²) in [4.78, 5) is 2.59. The van der Waals surface area contributed by atoms with Crippen LogP contribution >= 0.6 is 0 Å². The molecular weight excluding hydrogens is 244 g/mol. The van der Waals surface area contributed by atoms with Crippen molar-refractivity contribution in [3.05, 3.63) is 29.3 Å². The Morgan fingerprint density at radius 1 is 1.00 bits per heavy atom. The van der Waals surface area contributed by atoms with Crippen LogP contribution < -0.4 is 5.73 Å². The number of nitrogen functional groups attached to an aromatic ring is 1. The molecule has 0 radical (unpaired) electrons. The lowest BCUT2D eigenvalue weighted by molar-refractivity contribution is 0.248. The fourth-order valence-corrected chi connectivity index (χ4v) is 3.12. The van der Waals surface area contributed by atoms with Crippen LogP contribution in [0.15, 0.2) is 18.2 Å². The van der Waals surface area contributed by atoms with E-state index in [1.54, 1.807) is 0 Å². The molecule has 0 atom stereocenters. The topological polar surface area (TPSA) is 29.3 Å². The largest absolute Gasteiger partial charge is 0.399 e. The van der Waals surface area contributed by atoms with Crippen LogP contribution in [0, 0.1) is 0 Å². The number of benzene rings is 1. The first kappa shape index (κ1) is 15.4. The van der Waals surface area contributed by atoms with Gasteiger partial charge in [-0.25, -0.2) is 0 Å². The van der Waals surface area contributed by atoms with Gasteiger partial charge in [-0.05, 0) is 42.6 Å². The molecule has 1 aliphatic heterocycles. The Balaban J connectivity index is 1.63. The van der Waals surface area contributed by atoms with Gasteiger partial charge in [0.1, 0.15) is 0 Å². The summed E-state index contributed by atoms with van der Waals surface area (Å²) < 4.78 is 0. The second kappa shape index (κ2) is 8.31. The lowest BCUT2D eigenvalue weighted by atomic mass is 9.99. The second-order valence-corrected chi connectivity index (χ2v) is 6.18. The number of hydrogen-bond acceptors (Lipinski definition) is 2. The van der Waals surface area contributed by atoms with Crippen LogP contribution in [0.5, 0.6) is 0 Å². The van der Waals surface area contributed by atoms with Crippen molar-refractivity contribution < 1.29 is 0 Å². The average Bonchev–Trinajstić information content (AvgIpc) is 2.46. The molecule has 2 nitrogen and oxygen atoms in total. The molecule has 0 unspecified atom stereocenters. The summed E-state index contributed by atoms with van der Waals surface area (Å²) >= 11 is 0. The van der Waals surface area contributed by atoms with E-state index in [9.17, 15) is 0 Å². The Morgan fingerprint density at radius 2 is 1.75 bits per heavy atom. The standard InChI is InChI=1S/C18H30N2/c1-2-3-4-5-6-7-8-12-20-13-11-16-9-10-18(19)14-17(16)15-20/h9-10,14H,2-8,11-13,15,19H2,1H3. The van der Waals surface area contributed by atoms with Gasteiger partial charge < -0.3 is 5.73 Å². The highest BCUT2D eigenvalue weighted by atomic mass is 15.1. The van der Waals surface area contributed by atoms with Gasteiger partial charge in [0.15, 0.2) is 0 Å². The van der Waals surface area contributed by atoms with Crippen LogP contribution in [-0.4, -0.2) is 18.0 Å². The molecule has 0 aromatic heterocycles. The summed E-state index contributed by atoms with van der Waals surface area (Å²) in [6.45, 7) is 5.84. The van der Waals surface area contributed by atoms with E-state index < -0.39 is 0 Å². The van der Waals surface area contributed by atoms with Gasteiger partial charge in [0, 0.05) is 18.8 Å². The molecule has 2 heteroatoms. The molecular formula is C18H30N2. The molecule has 1 aromatic carbocycles. The van der Waals surface area contributed by atoms with E-state index in [4.69, 9.17) is 5.73 Å². The number of nitrogens with two attached hydrogens (primary N) is 1. The van der Waals surface area contributed by atoms with E-state index in [0.717, 1.165) is 12.2 Å². The van der Waals surface area contributed by atoms with Gasteiger partial charge in [-0.15, -0.1) is 0 Å². The Morgan fingerprint density at radius 3 is 2.55 bits per heavy atom. The summed E-state index contributed by atoms with van der Waals surface area (Å²) in [6.07, 6.45) is 10.9. The van der Waals surface area contributed by atoms with E-state index in [0.29, 0.717) is 0 Å². The first-order valence-corrected chi connectivity index (χ1v) is 8.39. The zero-order chi connectivity index (χ0) is 14.2. The predicted octanol–water partition coefficient (Wildman–Crippen LogP) is 4.38. The minimum atomic E-state index is 0.904. The minimum Gasteiger partial charge on any atom is -0.399 e. The third kappa shape index (κ3) is 4.82. The molecule has 1 aliphatic rings. The van der Waals surface area contributed by atoms with Crippen LogP contribution in [0.4, 0.5) is 5.69 Å². The van der Waals surface area contributed by atoms with Gasteiger partial charge in [0.2, 0.25) is 0 Å². The van der Waals surface area contributed by atoms with Crippen molar-refractivity contribution in [1.82, 2.24) is 4.90 Å². The zero-order valence-electron chi connectivity index (χ0n) is 13.0. The Hall–Kier alpha value is -1.02. The lowest BCUT2D eigenvalue weighted by Gasteiger charge is -2.28. The molecule has 0 aliphatic carbocycles. The van der Waals surface area contributed by atoms with Crippen molar-refractivity contribution in [2.24, 2.45) is 0 Å². The smallest absolute Gasteiger partial charge is 0.0317 e. The third-order valence-electron chi connectivity index (χ3n) is 4.40. The highest BCUT2D eigenvalue weighted by molar-refractivity contribution is 5.45. The van der Waals surface area contributed by atoms with E-state index in [1.165, 1.54) is 75.6 Å². The highest BCUT2D eigenvalue weighted by Gasteiger charge is 2.15. The number of rotatable bonds is 8. The molecule has 2 rings (SSSR count). The van der Waals surface area contributed by atoms with Crippen molar-refractivity contribution in [3.8, 4) is 0 Å². The van der Waals surface area contributed by atoms with Crippen molar-refractivity contribution in [1.29, 1.82) is 0 Å². The third-order valence-corrected chi connectivity index (χ3v) is 4.40. The maximum Gasteiger partial charge on any atom is 0.0317 e. The van der Waals surface area contributed by atoms with Gasteiger partial charge in [0.05, 0.1) is 0 Å². The van der Waals surface area contributed by atoms with Crippen molar-refractivity contribution >= 4 is 5.69 Å². The van der Waals surface area contributed by atoms with E-state index in [-0.39, 0.29) is 0 Å². The van der Waals surface area contributed by atoms with E-state index in [1.807, 2.05) is 6.07 Å². The van der Waals surface area contributed by atoms with Crippen LogP contribution in [-0.2, 0) is 13.0 Å². The van der Waals surface area contributed by atoms with Crippen LogP contribution in [0.2, 0.25) is 0 Å². The normalized spacial score (nSPS) is 15.2. The number of anilines is 1. The van der Waals surface area contributed by atoms with Crippen LogP contribution in [0.25, 0.3) is 0 Å². The average molecular weight is 274 g/mol. The first-order chi connectivity index (χ1) is 9.79. The summed E-state index contributed by atoms with van der Waals surface area (Å²) in [6, 6.07) is 6.40. The minimum absolute atomic E-state index is 0.904. The monoisotopic (exact) mass is 274 g/mol. The maximum absolute atomic E-state index is 5.89. The molecule has 1 heterocycles. The maximum atomic E-state index is 5.89. The second-order valence-electron chi connectivity index (χ2n) is 6.18. The molecule has 0 amide bonds. The lowest BCUT2D eigenvalue weighted by Crippen LogP contribution is -2.31. The van der Waals surface area contributed by atoms with E-state index in [2.05, 4.69) is 24.0 Å². The number of hydrogen-bond donors (Lipinski definition) is 1. The van der Waals surface area contributed by atoms with Gasteiger partial charge >= 0.3 is 0 Å². The molecule has 2 N–H and O–H groups in total. The quantitative estimate of drug-likeness (QED) is 0.563. The molecule has 20 heavy (non-hydrogen) atoms. The fourth-order valence-electron chi connectivity index (χ4n) is 3.12. The first-order valence-electron chi connectivity index (χ1n) is 8.39. The number of nitrogens with zero attached hydrogens (tertiary/aromatic N) is 1. The predicted molar refractivity (Wildman–Crippen MR) is 87.8 cm³/mol. The Labute approximate surface area is 124 Å². The summed E-state index contributed by atoms with van der Waals surface area (Å²) in [5.74, 6) is 0. The van der Waals surface area contributed by atoms with Crippen molar-refractivity contribution in [2.75, 3.05) is 18.8 Å². The van der Waals surface area contributed by atoms with Gasteiger partial charge in [-0.1, -0.05) is 51.5 Å². The molecule has 0 fully saturated rings. The molecule has 0 saturated carbocycles. The SMILES string of the molecule is CCCCCCCCCN1CCc2ccc(N)cc2C1. The molecule has 1 aromatic rings. The Bertz CT molecular complexity index is 400. The Kier molecular flexibility index (Phi) is 6.38. The van der Waals surface area contributed by atoms with E-state index >= 15 is 0 Å². The molecule has 0 spiro atoms. The molecule has 0 bridgehead atoms.